The first-order chi connectivity index (χ1) is 12.0. The predicted octanol–water partition coefficient (Wildman–Crippen LogP) is 2.74. The van der Waals surface area contributed by atoms with Crippen molar-refractivity contribution in [2.45, 2.75) is 47.2 Å². The highest BCUT2D eigenvalue weighted by Gasteiger charge is 2.14. The second-order valence-corrected chi connectivity index (χ2v) is 6.46. The van der Waals surface area contributed by atoms with Gasteiger partial charge in [0.2, 0.25) is 5.91 Å². The van der Waals surface area contributed by atoms with Gasteiger partial charge in [0.1, 0.15) is 0 Å². The van der Waals surface area contributed by atoms with Gasteiger partial charge in [-0.25, -0.2) is 0 Å². The molecule has 1 N–H and O–H groups in total. The Balaban J connectivity index is 2.00. The highest BCUT2D eigenvalue weighted by Crippen LogP contribution is 2.14. The van der Waals surface area contributed by atoms with Crippen molar-refractivity contribution >= 4 is 5.91 Å². The fourth-order valence-electron chi connectivity index (χ4n) is 3.06. The lowest BCUT2D eigenvalue weighted by molar-refractivity contribution is -0.120. The molecule has 5 nitrogen and oxygen atoms in total. The van der Waals surface area contributed by atoms with Crippen LogP contribution < -0.4 is 5.32 Å². The van der Waals surface area contributed by atoms with Crippen molar-refractivity contribution in [3.63, 3.8) is 0 Å². The summed E-state index contributed by atoms with van der Waals surface area (Å²) < 4.78 is 1.83. The number of hydrogen-bond donors (Lipinski definition) is 1. The molecule has 0 fully saturated rings. The third-order valence-electron chi connectivity index (χ3n) is 4.88. The molecule has 5 heteroatoms. The Labute approximate surface area is 151 Å². The standard InChI is InChI=1S/C20H30N4O/c1-6-24(7-2)14-18-11-9-8-10-17(18)13-21-20(25)12-19-15(3)22-23(5)16(19)4/h8-11H,6-7,12-14H2,1-5H3,(H,21,25). The quantitative estimate of drug-likeness (QED) is 0.802. The second kappa shape index (κ2) is 8.81. The second-order valence-electron chi connectivity index (χ2n) is 6.46. The molecule has 1 aromatic heterocycles. The molecule has 136 valence electrons. The third-order valence-corrected chi connectivity index (χ3v) is 4.88. The summed E-state index contributed by atoms with van der Waals surface area (Å²) in [6.07, 6.45) is 0.379. The van der Waals surface area contributed by atoms with Crippen molar-refractivity contribution in [1.29, 1.82) is 0 Å². The summed E-state index contributed by atoms with van der Waals surface area (Å²) >= 11 is 0. The van der Waals surface area contributed by atoms with Gasteiger partial charge in [-0.3, -0.25) is 14.4 Å². The first kappa shape index (κ1) is 19.2. The summed E-state index contributed by atoms with van der Waals surface area (Å²) in [7, 11) is 1.91. The van der Waals surface area contributed by atoms with Crippen molar-refractivity contribution in [2.24, 2.45) is 7.05 Å². The van der Waals surface area contributed by atoms with Gasteiger partial charge < -0.3 is 5.32 Å². The Kier molecular flexibility index (Phi) is 6.76. The number of carbonyl (C=O) groups excluding carboxylic acids is 1. The summed E-state index contributed by atoms with van der Waals surface area (Å²) in [6.45, 7) is 11.8. The van der Waals surface area contributed by atoms with Crippen molar-refractivity contribution < 1.29 is 4.79 Å². The van der Waals surface area contributed by atoms with E-state index in [0.29, 0.717) is 13.0 Å². The molecule has 0 aliphatic heterocycles. The van der Waals surface area contributed by atoms with Crippen LogP contribution in [0.2, 0.25) is 0 Å². The van der Waals surface area contributed by atoms with Crippen LogP contribution in [-0.4, -0.2) is 33.7 Å². The predicted molar refractivity (Wildman–Crippen MR) is 101 cm³/mol. The zero-order chi connectivity index (χ0) is 18.4. The number of amides is 1. The monoisotopic (exact) mass is 342 g/mol. The number of aromatic nitrogens is 2. The van der Waals surface area contributed by atoms with E-state index in [1.807, 2.05) is 31.6 Å². The minimum atomic E-state index is 0.0387. The number of carbonyl (C=O) groups is 1. The maximum absolute atomic E-state index is 12.4. The van der Waals surface area contributed by atoms with Gasteiger partial charge >= 0.3 is 0 Å². The molecule has 0 radical (unpaired) electrons. The van der Waals surface area contributed by atoms with Crippen LogP contribution in [0.25, 0.3) is 0 Å². The highest BCUT2D eigenvalue weighted by molar-refractivity contribution is 5.79. The summed E-state index contributed by atoms with van der Waals surface area (Å²) in [5, 5.41) is 7.44. The van der Waals surface area contributed by atoms with Crippen LogP contribution in [0.5, 0.6) is 0 Å². The largest absolute Gasteiger partial charge is 0.352 e. The Morgan fingerprint density at radius 1 is 1.16 bits per heavy atom. The molecule has 0 saturated carbocycles. The average molecular weight is 342 g/mol. The van der Waals surface area contributed by atoms with Crippen molar-refractivity contribution in [1.82, 2.24) is 20.0 Å². The van der Waals surface area contributed by atoms with E-state index in [2.05, 4.69) is 47.4 Å². The highest BCUT2D eigenvalue weighted by atomic mass is 16.1. The van der Waals surface area contributed by atoms with Crippen LogP contribution in [0.1, 0.15) is 41.9 Å². The lowest BCUT2D eigenvalue weighted by Crippen LogP contribution is -2.27. The molecule has 0 saturated heterocycles. The van der Waals surface area contributed by atoms with Crippen LogP contribution in [0, 0.1) is 13.8 Å². The molecule has 2 rings (SSSR count). The summed E-state index contributed by atoms with van der Waals surface area (Å²) in [4.78, 5) is 14.8. The van der Waals surface area contributed by atoms with E-state index < -0.39 is 0 Å². The van der Waals surface area contributed by atoms with Crippen LogP contribution in [-0.2, 0) is 31.4 Å². The molecule has 0 atom stereocenters. The van der Waals surface area contributed by atoms with E-state index in [0.717, 1.165) is 36.6 Å². The molecule has 0 unspecified atom stereocenters. The van der Waals surface area contributed by atoms with Crippen molar-refractivity contribution in [3.05, 3.63) is 52.3 Å². The maximum atomic E-state index is 12.4. The maximum Gasteiger partial charge on any atom is 0.224 e. The van der Waals surface area contributed by atoms with Crippen LogP contribution in [0.4, 0.5) is 0 Å². The Morgan fingerprint density at radius 3 is 2.36 bits per heavy atom. The zero-order valence-corrected chi connectivity index (χ0v) is 16.1. The van der Waals surface area contributed by atoms with E-state index in [-0.39, 0.29) is 5.91 Å². The number of aryl methyl sites for hydroxylation is 2. The summed E-state index contributed by atoms with van der Waals surface area (Å²) in [5.74, 6) is 0.0387. The summed E-state index contributed by atoms with van der Waals surface area (Å²) in [5.41, 5.74) is 5.46. The molecule has 25 heavy (non-hydrogen) atoms. The Morgan fingerprint density at radius 2 is 1.80 bits per heavy atom. The van der Waals surface area contributed by atoms with E-state index >= 15 is 0 Å². The normalized spacial score (nSPS) is 11.1. The smallest absolute Gasteiger partial charge is 0.224 e. The molecule has 0 spiro atoms. The molecule has 0 aliphatic carbocycles. The molecule has 1 aromatic carbocycles. The number of nitrogens with zero attached hydrogens (tertiary/aromatic N) is 3. The van der Waals surface area contributed by atoms with Crippen LogP contribution >= 0.6 is 0 Å². The molecule has 0 aliphatic rings. The Bertz CT molecular complexity index is 716. The average Bonchev–Trinajstić information content (AvgIpc) is 2.84. The number of nitrogens with one attached hydrogen (secondary N) is 1. The molecule has 1 amide bonds. The first-order valence-corrected chi connectivity index (χ1v) is 9.01. The fraction of sp³-hybridized carbons (Fsp3) is 0.500. The zero-order valence-electron chi connectivity index (χ0n) is 16.1. The van der Waals surface area contributed by atoms with Gasteiger partial charge in [0.05, 0.1) is 12.1 Å². The van der Waals surface area contributed by atoms with E-state index in [1.165, 1.54) is 11.1 Å². The Hall–Kier alpha value is -2.14. The van der Waals surface area contributed by atoms with Gasteiger partial charge in [0.15, 0.2) is 0 Å². The topological polar surface area (TPSA) is 50.2 Å². The minimum Gasteiger partial charge on any atom is -0.352 e. The number of hydrogen-bond acceptors (Lipinski definition) is 3. The third kappa shape index (κ3) is 4.92. The molecule has 0 bridgehead atoms. The molecular weight excluding hydrogens is 312 g/mol. The minimum absolute atomic E-state index is 0.0387. The molecular formula is C20H30N4O. The van der Waals surface area contributed by atoms with Gasteiger partial charge in [-0.1, -0.05) is 38.1 Å². The van der Waals surface area contributed by atoms with Crippen molar-refractivity contribution in [3.8, 4) is 0 Å². The van der Waals surface area contributed by atoms with Gasteiger partial charge in [-0.2, -0.15) is 5.10 Å². The number of benzene rings is 1. The SMILES string of the molecule is CCN(CC)Cc1ccccc1CNC(=O)Cc1c(C)nn(C)c1C. The number of rotatable bonds is 8. The fourth-order valence-corrected chi connectivity index (χ4v) is 3.06. The van der Waals surface area contributed by atoms with Gasteiger partial charge in [0, 0.05) is 31.4 Å². The first-order valence-electron chi connectivity index (χ1n) is 9.01. The van der Waals surface area contributed by atoms with Gasteiger partial charge in [0.25, 0.3) is 0 Å². The van der Waals surface area contributed by atoms with Crippen molar-refractivity contribution in [2.75, 3.05) is 13.1 Å². The van der Waals surface area contributed by atoms with E-state index in [9.17, 15) is 4.79 Å². The van der Waals surface area contributed by atoms with E-state index in [1.54, 1.807) is 0 Å². The summed E-state index contributed by atoms with van der Waals surface area (Å²) in [6, 6.07) is 8.34. The molecule has 2 aromatic rings. The molecule has 1 heterocycles. The lowest BCUT2D eigenvalue weighted by Gasteiger charge is -2.20. The van der Waals surface area contributed by atoms with Crippen LogP contribution in [0.3, 0.4) is 0 Å². The van der Waals surface area contributed by atoms with Gasteiger partial charge in [-0.15, -0.1) is 0 Å². The van der Waals surface area contributed by atoms with E-state index in [4.69, 9.17) is 0 Å². The van der Waals surface area contributed by atoms with Crippen LogP contribution in [0.15, 0.2) is 24.3 Å². The van der Waals surface area contributed by atoms with Gasteiger partial charge in [-0.05, 0) is 38.1 Å². The lowest BCUT2D eigenvalue weighted by atomic mass is 10.1.